The maximum atomic E-state index is 12.6. The zero-order chi connectivity index (χ0) is 14.2. The fourth-order valence-electron chi connectivity index (χ4n) is 3.57. The minimum Gasteiger partial charge on any atom is -0.206 e. The normalized spacial score (nSPS) is 24.1. The molecular weight excluding hydrogens is 358 g/mol. The molecule has 0 unspecified atom stereocenters. The molecule has 0 atom stereocenters. The minimum atomic E-state index is -3.27. The van der Waals surface area contributed by atoms with Crippen molar-refractivity contribution in [1.82, 2.24) is 4.31 Å². The van der Waals surface area contributed by atoms with E-state index in [0.717, 1.165) is 16.6 Å². The third-order valence-electron chi connectivity index (χ3n) is 4.84. The van der Waals surface area contributed by atoms with E-state index in [1.165, 1.54) is 43.4 Å². The molecular formula is C14H20BrNO2S2. The van der Waals surface area contributed by atoms with E-state index in [0.29, 0.717) is 22.7 Å². The number of halogens is 1. The van der Waals surface area contributed by atoms with Gasteiger partial charge in [0, 0.05) is 13.1 Å². The van der Waals surface area contributed by atoms with Crippen molar-refractivity contribution in [3.63, 3.8) is 0 Å². The van der Waals surface area contributed by atoms with E-state index in [2.05, 4.69) is 15.9 Å². The summed E-state index contributed by atoms with van der Waals surface area (Å²) in [5.41, 5.74) is 0.445. The zero-order valence-corrected chi connectivity index (χ0v) is 14.7. The Morgan fingerprint density at radius 1 is 1.05 bits per heavy atom. The smallest absolute Gasteiger partial charge is 0.206 e. The van der Waals surface area contributed by atoms with Crippen LogP contribution in [0.15, 0.2) is 20.1 Å². The van der Waals surface area contributed by atoms with E-state index in [1.807, 2.05) is 6.07 Å². The average molecular weight is 378 g/mol. The third kappa shape index (κ3) is 2.85. The maximum absolute atomic E-state index is 12.6. The molecule has 0 N–H and O–H groups in total. The van der Waals surface area contributed by atoms with Crippen LogP contribution in [0.1, 0.15) is 44.9 Å². The third-order valence-corrected chi connectivity index (χ3v) is 8.83. The first-order chi connectivity index (χ1) is 9.52. The average Bonchev–Trinajstić information content (AvgIpc) is 2.88. The van der Waals surface area contributed by atoms with Crippen LogP contribution < -0.4 is 0 Å². The van der Waals surface area contributed by atoms with Gasteiger partial charge in [0.25, 0.3) is 10.0 Å². The Hall–Kier alpha value is 0.0900. The van der Waals surface area contributed by atoms with Crippen LogP contribution in [0.2, 0.25) is 0 Å². The van der Waals surface area contributed by atoms with Crippen molar-refractivity contribution in [2.45, 2.75) is 49.2 Å². The molecule has 1 aromatic heterocycles. The Balaban J connectivity index is 1.71. The van der Waals surface area contributed by atoms with Gasteiger partial charge >= 0.3 is 0 Å². The van der Waals surface area contributed by atoms with Gasteiger partial charge in [-0.2, -0.15) is 4.31 Å². The molecule has 20 heavy (non-hydrogen) atoms. The van der Waals surface area contributed by atoms with Gasteiger partial charge in [-0.1, -0.05) is 19.3 Å². The number of rotatable bonds is 2. The summed E-state index contributed by atoms with van der Waals surface area (Å²) in [6.07, 6.45) is 8.68. The van der Waals surface area contributed by atoms with Crippen LogP contribution >= 0.6 is 27.3 Å². The highest BCUT2D eigenvalue weighted by atomic mass is 79.9. The monoisotopic (exact) mass is 377 g/mol. The van der Waals surface area contributed by atoms with E-state index in [-0.39, 0.29) is 0 Å². The van der Waals surface area contributed by atoms with Crippen LogP contribution in [0.4, 0.5) is 0 Å². The zero-order valence-electron chi connectivity index (χ0n) is 11.5. The van der Waals surface area contributed by atoms with Gasteiger partial charge < -0.3 is 0 Å². The van der Waals surface area contributed by atoms with Crippen molar-refractivity contribution in [1.29, 1.82) is 0 Å². The lowest BCUT2D eigenvalue weighted by molar-refractivity contribution is 0.102. The summed E-state index contributed by atoms with van der Waals surface area (Å²) in [6.45, 7) is 1.38. The van der Waals surface area contributed by atoms with E-state index < -0.39 is 10.0 Å². The van der Waals surface area contributed by atoms with E-state index >= 15 is 0 Å². The molecule has 1 spiro atoms. The number of hydrogen-bond acceptors (Lipinski definition) is 3. The first kappa shape index (κ1) is 15.0. The first-order valence-corrected chi connectivity index (χ1v) is 10.3. The van der Waals surface area contributed by atoms with Crippen molar-refractivity contribution in [3.05, 3.63) is 15.9 Å². The van der Waals surface area contributed by atoms with E-state index in [4.69, 9.17) is 0 Å². The van der Waals surface area contributed by atoms with Crippen LogP contribution in [0.25, 0.3) is 0 Å². The summed E-state index contributed by atoms with van der Waals surface area (Å²) in [7, 11) is -3.27. The summed E-state index contributed by atoms with van der Waals surface area (Å²) in [6, 6.07) is 3.51. The summed E-state index contributed by atoms with van der Waals surface area (Å²) in [5.74, 6) is 0. The van der Waals surface area contributed by atoms with Gasteiger partial charge in [0.2, 0.25) is 0 Å². The van der Waals surface area contributed by atoms with Crippen LogP contribution in [0.5, 0.6) is 0 Å². The summed E-state index contributed by atoms with van der Waals surface area (Å²) < 4.78 is 28.2. The lowest BCUT2D eigenvalue weighted by Crippen LogP contribution is -2.43. The number of thiophene rings is 1. The van der Waals surface area contributed by atoms with Gasteiger partial charge in [-0.25, -0.2) is 8.42 Å². The fourth-order valence-corrected chi connectivity index (χ4v) is 7.17. The van der Waals surface area contributed by atoms with Gasteiger partial charge in [-0.3, -0.25) is 0 Å². The highest BCUT2D eigenvalue weighted by molar-refractivity contribution is 9.11. The van der Waals surface area contributed by atoms with Gasteiger partial charge in [-0.15, -0.1) is 11.3 Å². The molecule has 0 bridgehead atoms. The molecule has 3 nitrogen and oxygen atoms in total. The number of piperidine rings is 1. The summed E-state index contributed by atoms with van der Waals surface area (Å²) in [5, 5.41) is 0. The van der Waals surface area contributed by atoms with Crippen LogP contribution in [-0.2, 0) is 10.0 Å². The molecule has 1 aliphatic carbocycles. The molecule has 1 saturated carbocycles. The van der Waals surface area contributed by atoms with Crippen molar-refractivity contribution in [2.75, 3.05) is 13.1 Å². The highest BCUT2D eigenvalue weighted by Gasteiger charge is 2.39. The summed E-state index contributed by atoms with van der Waals surface area (Å²) in [4.78, 5) is 0. The Bertz CT molecular complexity index is 566. The highest BCUT2D eigenvalue weighted by Crippen LogP contribution is 2.45. The van der Waals surface area contributed by atoms with Crippen LogP contribution in [-0.4, -0.2) is 25.8 Å². The molecule has 2 heterocycles. The van der Waals surface area contributed by atoms with E-state index in [1.54, 1.807) is 10.4 Å². The molecule has 2 aliphatic rings. The molecule has 0 amide bonds. The second-order valence-corrected chi connectivity index (χ2v) is 10.7. The maximum Gasteiger partial charge on any atom is 0.252 e. The quantitative estimate of drug-likeness (QED) is 0.772. The standard InChI is InChI=1S/C14H20BrNO2S2/c15-12-4-5-13(19-12)20(17,18)16-10-8-14(9-11-16)6-2-1-3-7-14/h4-5H,1-3,6-11H2. The molecule has 6 heteroatoms. The molecule has 1 aromatic rings. The topological polar surface area (TPSA) is 37.4 Å². The summed E-state index contributed by atoms with van der Waals surface area (Å²) >= 11 is 4.64. The number of nitrogens with zero attached hydrogens (tertiary/aromatic N) is 1. The van der Waals surface area contributed by atoms with Crippen molar-refractivity contribution >= 4 is 37.3 Å². The molecule has 1 aliphatic heterocycles. The fraction of sp³-hybridized carbons (Fsp3) is 0.714. The Labute approximate surface area is 133 Å². The Morgan fingerprint density at radius 2 is 1.70 bits per heavy atom. The van der Waals surface area contributed by atoms with Gasteiger partial charge in [-0.05, 0) is 59.2 Å². The first-order valence-electron chi connectivity index (χ1n) is 7.27. The van der Waals surface area contributed by atoms with Crippen molar-refractivity contribution < 1.29 is 8.42 Å². The van der Waals surface area contributed by atoms with Crippen LogP contribution in [0, 0.1) is 5.41 Å². The predicted molar refractivity (Wildman–Crippen MR) is 85.5 cm³/mol. The van der Waals surface area contributed by atoms with Gasteiger partial charge in [0.15, 0.2) is 0 Å². The van der Waals surface area contributed by atoms with Crippen molar-refractivity contribution in [3.8, 4) is 0 Å². The molecule has 112 valence electrons. The lowest BCUT2D eigenvalue weighted by atomic mass is 9.68. The predicted octanol–water partition coefficient (Wildman–Crippen LogP) is 4.25. The van der Waals surface area contributed by atoms with Gasteiger partial charge in [0.05, 0.1) is 3.79 Å². The lowest BCUT2D eigenvalue weighted by Gasteiger charge is -2.43. The molecule has 0 aromatic carbocycles. The van der Waals surface area contributed by atoms with E-state index in [9.17, 15) is 8.42 Å². The Kier molecular flexibility index (Phi) is 4.28. The second kappa shape index (κ2) is 5.71. The number of sulfonamides is 1. The molecule has 0 radical (unpaired) electrons. The Morgan fingerprint density at radius 3 is 2.25 bits per heavy atom. The minimum absolute atomic E-state index is 0.445. The molecule has 2 fully saturated rings. The largest absolute Gasteiger partial charge is 0.252 e. The van der Waals surface area contributed by atoms with Crippen LogP contribution in [0.3, 0.4) is 0 Å². The molecule has 1 saturated heterocycles. The molecule has 3 rings (SSSR count). The second-order valence-electron chi connectivity index (χ2n) is 6.02. The van der Waals surface area contributed by atoms with Gasteiger partial charge in [0.1, 0.15) is 4.21 Å². The van der Waals surface area contributed by atoms with Crippen molar-refractivity contribution in [2.24, 2.45) is 5.41 Å². The number of hydrogen-bond donors (Lipinski definition) is 0. The SMILES string of the molecule is O=S(=O)(c1ccc(Br)s1)N1CCC2(CCCCC2)CC1.